The number of oxazole rings is 1. The van der Waals surface area contributed by atoms with Gasteiger partial charge in [0.25, 0.3) is 5.91 Å². The predicted molar refractivity (Wildman–Crippen MR) is 69.3 cm³/mol. The van der Waals surface area contributed by atoms with Gasteiger partial charge in [0.05, 0.1) is 0 Å². The molecule has 1 amide bonds. The summed E-state index contributed by atoms with van der Waals surface area (Å²) in [7, 11) is 0. The maximum Gasteiger partial charge on any atom is 0.273 e. The normalized spacial score (nSPS) is 10.3. The Kier molecular flexibility index (Phi) is 3.77. The van der Waals surface area contributed by atoms with Gasteiger partial charge < -0.3 is 9.73 Å². The number of nitrogens with one attached hydrogen (secondary N) is 1. The molecule has 0 unspecified atom stereocenters. The lowest BCUT2D eigenvalue weighted by atomic mass is 10.2. The summed E-state index contributed by atoms with van der Waals surface area (Å²) in [5, 5.41) is 2.79. The highest BCUT2D eigenvalue weighted by atomic mass is 16.4. The second-order valence-corrected chi connectivity index (χ2v) is 4.05. The third kappa shape index (κ3) is 2.59. The van der Waals surface area contributed by atoms with Crippen LogP contribution in [0.25, 0.3) is 11.5 Å². The van der Waals surface area contributed by atoms with E-state index in [9.17, 15) is 4.79 Å². The van der Waals surface area contributed by atoms with Gasteiger partial charge in [0.15, 0.2) is 5.69 Å². The van der Waals surface area contributed by atoms with Crippen LogP contribution in [0.15, 0.2) is 34.7 Å². The van der Waals surface area contributed by atoms with E-state index in [1.54, 1.807) is 6.92 Å². The molecule has 2 rings (SSSR count). The highest BCUT2D eigenvalue weighted by Gasteiger charge is 2.17. The average molecular weight is 244 g/mol. The van der Waals surface area contributed by atoms with Crippen LogP contribution in [0, 0.1) is 6.92 Å². The molecule has 0 radical (unpaired) electrons. The second kappa shape index (κ2) is 5.49. The first-order chi connectivity index (χ1) is 8.72. The maximum absolute atomic E-state index is 11.8. The van der Waals surface area contributed by atoms with Crippen LogP contribution < -0.4 is 5.32 Å². The predicted octanol–water partition coefficient (Wildman–Crippen LogP) is 2.79. The van der Waals surface area contributed by atoms with Gasteiger partial charge in [-0.05, 0) is 25.5 Å². The first-order valence-electron chi connectivity index (χ1n) is 6.03. The standard InChI is InChI=1S/C14H16N2O2/c1-3-9-15-13(17)12-10(2)18-14(16-12)11-7-5-4-6-8-11/h4-8H,3,9H2,1-2H3,(H,15,17). The van der Waals surface area contributed by atoms with Gasteiger partial charge in [0.2, 0.25) is 5.89 Å². The largest absolute Gasteiger partial charge is 0.441 e. The molecule has 1 heterocycles. The molecule has 0 saturated carbocycles. The number of hydrogen-bond acceptors (Lipinski definition) is 3. The fraction of sp³-hybridized carbons (Fsp3) is 0.286. The van der Waals surface area contributed by atoms with Crippen LogP contribution in [0.2, 0.25) is 0 Å². The summed E-state index contributed by atoms with van der Waals surface area (Å²) in [5.41, 5.74) is 1.23. The minimum atomic E-state index is -0.180. The van der Waals surface area contributed by atoms with E-state index in [1.807, 2.05) is 37.3 Å². The third-order valence-electron chi connectivity index (χ3n) is 2.57. The molecule has 0 spiro atoms. The molecule has 0 aliphatic heterocycles. The van der Waals surface area contributed by atoms with Crippen LogP contribution in [0.4, 0.5) is 0 Å². The molecule has 0 aliphatic rings. The van der Waals surface area contributed by atoms with Crippen molar-refractivity contribution in [1.82, 2.24) is 10.3 Å². The van der Waals surface area contributed by atoms with Gasteiger partial charge in [-0.25, -0.2) is 4.98 Å². The lowest BCUT2D eigenvalue weighted by Crippen LogP contribution is -2.24. The Bertz CT molecular complexity index is 532. The Morgan fingerprint density at radius 1 is 1.33 bits per heavy atom. The molecule has 0 bridgehead atoms. The van der Waals surface area contributed by atoms with Crippen LogP contribution in [0.5, 0.6) is 0 Å². The second-order valence-electron chi connectivity index (χ2n) is 4.05. The van der Waals surface area contributed by atoms with Crippen LogP contribution in [0.3, 0.4) is 0 Å². The average Bonchev–Trinajstić information content (AvgIpc) is 2.79. The highest BCUT2D eigenvalue weighted by molar-refractivity contribution is 5.93. The molecular formula is C14H16N2O2. The molecule has 1 N–H and O–H groups in total. The molecule has 18 heavy (non-hydrogen) atoms. The van der Waals surface area contributed by atoms with E-state index >= 15 is 0 Å². The fourth-order valence-corrected chi connectivity index (χ4v) is 1.63. The summed E-state index contributed by atoms with van der Waals surface area (Å²) in [6, 6.07) is 9.55. The molecule has 2 aromatic rings. The van der Waals surface area contributed by atoms with Gasteiger partial charge in [0.1, 0.15) is 5.76 Å². The minimum Gasteiger partial charge on any atom is -0.441 e. The van der Waals surface area contributed by atoms with Gasteiger partial charge >= 0.3 is 0 Å². The molecular weight excluding hydrogens is 228 g/mol. The van der Waals surface area contributed by atoms with E-state index in [4.69, 9.17) is 4.42 Å². The summed E-state index contributed by atoms with van der Waals surface area (Å²) < 4.78 is 5.53. The van der Waals surface area contributed by atoms with E-state index < -0.39 is 0 Å². The summed E-state index contributed by atoms with van der Waals surface area (Å²) in [6.07, 6.45) is 0.897. The van der Waals surface area contributed by atoms with Crippen molar-refractivity contribution in [2.45, 2.75) is 20.3 Å². The van der Waals surface area contributed by atoms with Crippen molar-refractivity contribution in [1.29, 1.82) is 0 Å². The Hall–Kier alpha value is -2.10. The number of benzene rings is 1. The van der Waals surface area contributed by atoms with E-state index in [2.05, 4.69) is 10.3 Å². The maximum atomic E-state index is 11.8. The van der Waals surface area contributed by atoms with E-state index in [1.165, 1.54) is 0 Å². The minimum absolute atomic E-state index is 0.180. The van der Waals surface area contributed by atoms with Crippen molar-refractivity contribution in [3.63, 3.8) is 0 Å². The zero-order valence-electron chi connectivity index (χ0n) is 10.6. The summed E-state index contributed by atoms with van der Waals surface area (Å²) in [6.45, 7) is 4.40. The molecule has 1 aromatic heterocycles. The number of carbonyl (C=O) groups is 1. The van der Waals surface area contributed by atoms with Gasteiger partial charge in [-0.3, -0.25) is 4.79 Å². The number of rotatable bonds is 4. The first-order valence-corrected chi connectivity index (χ1v) is 6.03. The van der Waals surface area contributed by atoms with Crippen molar-refractivity contribution >= 4 is 5.91 Å². The van der Waals surface area contributed by atoms with Gasteiger partial charge in [-0.2, -0.15) is 0 Å². The first kappa shape index (κ1) is 12.4. The number of aryl methyl sites for hydroxylation is 1. The fourth-order valence-electron chi connectivity index (χ4n) is 1.63. The van der Waals surface area contributed by atoms with Crippen LogP contribution >= 0.6 is 0 Å². The molecule has 4 nitrogen and oxygen atoms in total. The van der Waals surface area contributed by atoms with Crippen LogP contribution in [-0.2, 0) is 0 Å². The summed E-state index contributed by atoms with van der Waals surface area (Å²) >= 11 is 0. The number of aromatic nitrogens is 1. The lowest BCUT2D eigenvalue weighted by molar-refractivity contribution is 0.0948. The van der Waals surface area contributed by atoms with Crippen LogP contribution in [-0.4, -0.2) is 17.4 Å². The molecule has 0 saturated heterocycles. The molecule has 94 valence electrons. The Labute approximate surface area is 106 Å². The molecule has 4 heteroatoms. The quantitative estimate of drug-likeness (QED) is 0.899. The topological polar surface area (TPSA) is 55.1 Å². The Morgan fingerprint density at radius 2 is 2.06 bits per heavy atom. The van der Waals surface area contributed by atoms with Crippen molar-refractivity contribution in [2.24, 2.45) is 0 Å². The van der Waals surface area contributed by atoms with Gasteiger partial charge in [0, 0.05) is 12.1 Å². The number of carbonyl (C=O) groups excluding carboxylic acids is 1. The summed E-state index contributed by atoms with van der Waals surface area (Å²) in [5.74, 6) is 0.845. The van der Waals surface area contributed by atoms with E-state index in [0.717, 1.165) is 12.0 Å². The van der Waals surface area contributed by atoms with Gasteiger partial charge in [-0.15, -0.1) is 0 Å². The number of hydrogen-bond donors (Lipinski definition) is 1. The monoisotopic (exact) mass is 244 g/mol. The lowest BCUT2D eigenvalue weighted by Gasteiger charge is -1.99. The zero-order chi connectivity index (χ0) is 13.0. The Morgan fingerprint density at radius 3 is 2.72 bits per heavy atom. The molecule has 0 aliphatic carbocycles. The molecule has 0 fully saturated rings. The third-order valence-corrected chi connectivity index (χ3v) is 2.57. The zero-order valence-corrected chi connectivity index (χ0v) is 10.6. The van der Waals surface area contributed by atoms with Gasteiger partial charge in [-0.1, -0.05) is 25.1 Å². The Balaban J connectivity index is 2.25. The molecule has 0 atom stereocenters. The highest BCUT2D eigenvalue weighted by Crippen LogP contribution is 2.21. The van der Waals surface area contributed by atoms with E-state index in [0.29, 0.717) is 23.9 Å². The molecule has 1 aromatic carbocycles. The summed E-state index contributed by atoms with van der Waals surface area (Å²) in [4.78, 5) is 16.1. The van der Waals surface area contributed by atoms with Crippen molar-refractivity contribution in [3.8, 4) is 11.5 Å². The smallest absolute Gasteiger partial charge is 0.273 e. The van der Waals surface area contributed by atoms with Crippen molar-refractivity contribution < 1.29 is 9.21 Å². The van der Waals surface area contributed by atoms with Crippen molar-refractivity contribution in [2.75, 3.05) is 6.54 Å². The van der Waals surface area contributed by atoms with Crippen LogP contribution in [0.1, 0.15) is 29.6 Å². The van der Waals surface area contributed by atoms with Crippen molar-refractivity contribution in [3.05, 3.63) is 41.8 Å². The SMILES string of the molecule is CCCNC(=O)c1nc(-c2ccccc2)oc1C. The number of amides is 1. The van der Waals surface area contributed by atoms with E-state index in [-0.39, 0.29) is 5.91 Å². The number of nitrogens with zero attached hydrogens (tertiary/aromatic N) is 1.